The summed E-state index contributed by atoms with van der Waals surface area (Å²) in [4.78, 5) is 24.8. The maximum Gasteiger partial charge on any atom is 0.251 e. The first kappa shape index (κ1) is 20.9. The number of hydrogen-bond acceptors (Lipinski definition) is 3. The van der Waals surface area contributed by atoms with Gasteiger partial charge >= 0.3 is 0 Å². The summed E-state index contributed by atoms with van der Waals surface area (Å²) >= 11 is 0. The number of amides is 2. The molecule has 0 atom stereocenters. The molecule has 154 valence electrons. The lowest BCUT2D eigenvalue weighted by molar-refractivity contribution is -0.114. The smallest absolute Gasteiger partial charge is 0.251 e. The fourth-order valence-corrected chi connectivity index (χ4v) is 3.84. The van der Waals surface area contributed by atoms with E-state index in [1.807, 2.05) is 57.2 Å². The lowest BCUT2D eigenvalue weighted by Crippen LogP contribution is -2.36. The molecule has 5 heteroatoms. The fraction of sp³-hybridized carbons (Fsp3) is 0.417. The molecule has 3 N–H and O–H groups in total. The van der Waals surface area contributed by atoms with Gasteiger partial charge in [-0.2, -0.15) is 0 Å². The molecule has 1 aliphatic carbocycles. The summed E-state index contributed by atoms with van der Waals surface area (Å²) in [6, 6.07) is 11.8. The van der Waals surface area contributed by atoms with E-state index in [4.69, 9.17) is 0 Å². The number of rotatable bonds is 6. The van der Waals surface area contributed by atoms with E-state index in [9.17, 15) is 9.59 Å². The molecule has 2 aromatic carbocycles. The van der Waals surface area contributed by atoms with Crippen LogP contribution in [-0.4, -0.2) is 24.4 Å². The average Bonchev–Trinajstić information content (AvgIpc) is 2.70. The molecule has 0 saturated heterocycles. The van der Waals surface area contributed by atoms with Crippen molar-refractivity contribution < 1.29 is 9.59 Å². The molecular formula is C24H31N3O2. The van der Waals surface area contributed by atoms with Crippen LogP contribution in [0.3, 0.4) is 0 Å². The normalized spacial score (nSPS) is 14.3. The van der Waals surface area contributed by atoms with Gasteiger partial charge in [-0.3, -0.25) is 9.59 Å². The molecule has 5 nitrogen and oxygen atoms in total. The molecule has 0 spiro atoms. The van der Waals surface area contributed by atoms with Crippen LogP contribution in [0.5, 0.6) is 0 Å². The maximum absolute atomic E-state index is 12.5. The van der Waals surface area contributed by atoms with Gasteiger partial charge in [-0.25, -0.2) is 0 Å². The topological polar surface area (TPSA) is 70.2 Å². The van der Waals surface area contributed by atoms with Crippen molar-refractivity contribution in [2.24, 2.45) is 0 Å². The number of hydrogen-bond donors (Lipinski definition) is 3. The van der Waals surface area contributed by atoms with Crippen LogP contribution in [0, 0.1) is 20.8 Å². The number of carbonyl (C=O) groups excluding carboxylic acids is 2. The molecular weight excluding hydrogens is 362 g/mol. The second-order valence-corrected chi connectivity index (χ2v) is 8.06. The fourth-order valence-electron chi connectivity index (χ4n) is 3.84. The van der Waals surface area contributed by atoms with E-state index in [2.05, 4.69) is 16.0 Å². The molecule has 1 fully saturated rings. The Morgan fingerprint density at radius 1 is 0.897 bits per heavy atom. The third-order valence-electron chi connectivity index (χ3n) is 5.52. The van der Waals surface area contributed by atoms with Crippen molar-refractivity contribution in [2.75, 3.05) is 17.2 Å². The zero-order valence-electron chi connectivity index (χ0n) is 17.6. The summed E-state index contributed by atoms with van der Waals surface area (Å²) in [6.07, 6.45) is 5.79. The van der Waals surface area contributed by atoms with Gasteiger partial charge in [0.1, 0.15) is 0 Å². The number of aryl methyl sites for hydroxylation is 3. The molecule has 1 aliphatic rings. The predicted octanol–water partition coefficient (Wildman–Crippen LogP) is 4.72. The third kappa shape index (κ3) is 5.83. The van der Waals surface area contributed by atoms with Gasteiger partial charge in [0, 0.05) is 23.0 Å². The lowest BCUT2D eigenvalue weighted by atomic mass is 9.95. The molecule has 0 aliphatic heterocycles. The minimum Gasteiger partial charge on any atom is -0.376 e. The monoisotopic (exact) mass is 393 g/mol. The van der Waals surface area contributed by atoms with E-state index in [1.165, 1.54) is 24.8 Å². The van der Waals surface area contributed by atoms with Crippen LogP contribution in [-0.2, 0) is 4.79 Å². The Hall–Kier alpha value is -2.82. The number of nitrogens with one attached hydrogen (secondary N) is 3. The Morgan fingerprint density at radius 2 is 1.59 bits per heavy atom. The minimum atomic E-state index is -0.101. The Kier molecular flexibility index (Phi) is 6.91. The summed E-state index contributed by atoms with van der Waals surface area (Å²) in [7, 11) is 0. The zero-order valence-corrected chi connectivity index (χ0v) is 17.6. The first-order valence-corrected chi connectivity index (χ1v) is 10.4. The molecule has 1 saturated carbocycles. The van der Waals surface area contributed by atoms with E-state index in [0.717, 1.165) is 35.3 Å². The van der Waals surface area contributed by atoms with Crippen LogP contribution in [0.4, 0.5) is 11.4 Å². The van der Waals surface area contributed by atoms with E-state index in [0.29, 0.717) is 11.6 Å². The van der Waals surface area contributed by atoms with Gasteiger partial charge in [-0.1, -0.05) is 37.0 Å². The van der Waals surface area contributed by atoms with Crippen molar-refractivity contribution in [2.45, 2.75) is 58.9 Å². The average molecular weight is 394 g/mol. The van der Waals surface area contributed by atoms with Gasteiger partial charge in [0.05, 0.1) is 6.54 Å². The molecule has 0 unspecified atom stereocenters. The standard InChI is InChI=1S/C24H31N3O2/c1-16-9-11-22(17(2)13-16)27-23(28)15-25-21-12-10-19(14-18(21)3)24(29)26-20-7-5-4-6-8-20/h9-14,20,25H,4-8,15H2,1-3H3,(H,26,29)(H,27,28). The van der Waals surface area contributed by atoms with Crippen molar-refractivity contribution in [1.82, 2.24) is 5.32 Å². The van der Waals surface area contributed by atoms with E-state index in [-0.39, 0.29) is 18.4 Å². The van der Waals surface area contributed by atoms with E-state index in [1.54, 1.807) is 0 Å². The first-order valence-electron chi connectivity index (χ1n) is 10.4. The quantitative estimate of drug-likeness (QED) is 0.665. The SMILES string of the molecule is Cc1ccc(NC(=O)CNc2ccc(C(=O)NC3CCCCC3)cc2C)c(C)c1. The van der Waals surface area contributed by atoms with Crippen LogP contribution in [0.15, 0.2) is 36.4 Å². The molecule has 2 amide bonds. The van der Waals surface area contributed by atoms with Crippen molar-refractivity contribution in [1.29, 1.82) is 0 Å². The number of benzene rings is 2. The zero-order chi connectivity index (χ0) is 20.8. The van der Waals surface area contributed by atoms with Crippen molar-refractivity contribution in [3.8, 4) is 0 Å². The highest BCUT2D eigenvalue weighted by molar-refractivity contribution is 5.96. The summed E-state index contributed by atoms with van der Waals surface area (Å²) in [5.74, 6) is -0.116. The Morgan fingerprint density at radius 3 is 2.28 bits per heavy atom. The Balaban J connectivity index is 1.54. The second-order valence-electron chi connectivity index (χ2n) is 8.06. The van der Waals surface area contributed by atoms with Crippen LogP contribution in [0.1, 0.15) is 59.2 Å². The largest absolute Gasteiger partial charge is 0.376 e. The highest BCUT2D eigenvalue weighted by Gasteiger charge is 2.17. The first-order chi connectivity index (χ1) is 13.9. The predicted molar refractivity (Wildman–Crippen MR) is 119 cm³/mol. The second kappa shape index (κ2) is 9.59. The Labute approximate surface area is 173 Å². The molecule has 0 aromatic heterocycles. The van der Waals surface area contributed by atoms with Crippen LogP contribution in [0.2, 0.25) is 0 Å². The van der Waals surface area contributed by atoms with Gasteiger partial charge < -0.3 is 16.0 Å². The van der Waals surface area contributed by atoms with Crippen LogP contribution in [0.25, 0.3) is 0 Å². The summed E-state index contributed by atoms with van der Waals surface area (Å²) < 4.78 is 0. The van der Waals surface area contributed by atoms with Gasteiger partial charge in [0.25, 0.3) is 5.91 Å². The van der Waals surface area contributed by atoms with Gasteiger partial charge in [0.15, 0.2) is 0 Å². The minimum absolute atomic E-state index is 0.0147. The van der Waals surface area contributed by atoms with Crippen molar-refractivity contribution >= 4 is 23.2 Å². The Bertz CT molecular complexity index is 886. The van der Waals surface area contributed by atoms with E-state index >= 15 is 0 Å². The molecule has 0 bridgehead atoms. The molecule has 29 heavy (non-hydrogen) atoms. The maximum atomic E-state index is 12.5. The third-order valence-corrected chi connectivity index (χ3v) is 5.52. The van der Waals surface area contributed by atoms with Crippen molar-refractivity contribution in [3.63, 3.8) is 0 Å². The molecule has 0 heterocycles. The van der Waals surface area contributed by atoms with Gasteiger partial charge in [-0.05, 0) is 69.0 Å². The van der Waals surface area contributed by atoms with Crippen LogP contribution >= 0.6 is 0 Å². The molecule has 3 rings (SSSR count). The molecule has 0 radical (unpaired) electrons. The van der Waals surface area contributed by atoms with E-state index < -0.39 is 0 Å². The summed E-state index contributed by atoms with van der Waals surface area (Å²) in [5.41, 5.74) is 5.51. The highest BCUT2D eigenvalue weighted by atomic mass is 16.2. The van der Waals surface area contributed by atoms with Crippen LogP contribution < -0.4 is 16.0 Å². The number of anilines is 2. The summed E-state index contributed by atoms with van der Waals surface area (Å²) in [5, 5.41) is 9.25. The lowest BCUT2D eigenvalue weighted by Gasteiger charge is -2.23. The highest BCUT2D eigenvalue weighted by Crippen LogP contribution is 2.20. The van der Waals surface area contributed by atoms with Gasteiger partial charge in [-0.15, -0.1) is 0 Å². The summed E-state index contributed by atoms with van der Waals surface area (Å²) in [6.45, 7) is 6.13. The molecule has 2 aromatic rings. The van der Waals surface area contributed by atoms with Gasteiger partial charge in [0.2, 0.25) is 5.91 Å². The van der Waals surface area contributed by atoms with Crippen molar-refractivity contribution in [3.05, 3.63) is 58.7 Å². The number of carbonyl (C=O) groups is 2.